The second-order valence-corrected chi connectivity index (χ2v) is 6.05. The molecule has 0 N–H and O–H groups in total. The molecule has 3 nitrogen and oxygen atoms in total. The molecule has 0 spiro atoms. The van der Waals surface area contributed by atoms with Gasteiger partial charge in [0.1, 0.15) is 0 Å². The van der Waals surface area contributed by atoms with Crippen LogP contribution >= 0.6 is 11.8 Å². The van der Waals surface area contributed by atoms with E-state index in [1.807, 2.05) is 48.5 Å². The van der Waals surface area contributed by atoms with Crippen molar-refractivity contribution in [3.8, 4) is 0 Å². The normalized spacial score (nSPS) is 13.3. The van der Waals surface area contributed by atoms with E-state index in [0.29, 0.717) is 16.5 Å². The first-order chi connectivity index (χ1) is 10.7. The number of hydrogen-bond donors (Lipinski definition) is 0. The Labute approximate surface area is 130 Å². The van der Waals surface area contributed by atoms with Crippen LogP contribution in [-0.2, 0) is 4.74 Å². The Hall–Kier alpha value is -2.59. The van der Waals surface area contributed by atoms with Gasteiger partial charge in [-0.1, -0.05) is 42.1 Å². The van der Waals surface area contributed by atoms with Crippen molar-refractivity contribution >= 4 is 34.5 Å². The molecule has 0 saturated heterocycles. The second-order valence-electron chi connectivity index (χ2n) is 4.93. The highest BCUT2D eigenvalue weighted by atomic mass is 32.2. The minimum atomic E-state index is -0.579. The lowest BCUT2D eigenvalue weighted by Gasteiger charge is -2.17. The van der Waals surface area contributed by atoms with Crippen LogP contribution in [0, 0.1) is 0 Å². The van der Waals surface area contributed by atoms with Crippen LogP contribution in [0.5, 0.6) is 0 Å². The molecule has 0 radical (unpaired) electrons. The highest BCUT2D eigenvalue weighted by Gasteiger charge is 2.27. The summed E-state index contributed by atoms with van der Waals surface area (Å²) in [5.41, 5.74) is 0.894. The second kappa shape index (κ2) is 5.00. The van der Waals surface area contributed by atoms with Crippen molar-refractivity contribution in [3.63, 3.8) is 0 Å². The summed E-state index contributed by atoms with van der Waals surface area (Å²) in [6.45, 7) is 0. The smallest absolute Gasteiger partial charge is 0.346 e. The van der Waals surface area contributed by atoms with Gasteiger partial charge in [-0.25, -0.2) is 9.59 Å². The zero-order valence-electron chi connectivity index (χ0n) is 11.4. The lowest BCUT2D eigenvalue weighted by molar-refractivity contribution is 0.0391. The van der Waals surface area contributed by atoms with Crippen LogP contribution in [0.2, 0.25) is 0 Å². The highest BCUT2D eigenvalue weighted by molar-refractivity contribution is 7.99. The van der Waals surface area contributed by atoms with Crippen molar-refractivity contribution in [3.05, 3.63) is 71.8 Å². The molecule has 1 aliphatic rings. The quantitative estimate of drug-likeness (QED) is 0.523. The average molecular weight is 306 g/mol. The highest BCUT2D eigenvalue weighted by Crippen LogP contribution is 2.38. The Bertz CT molecular complexity index is 896. The molecule has 1 heterocycles. The van der Waals surface area contributed by atoms with Gasteiger partial charge in [0.05, 0.1) is 11.1 Å². The Morgan fingerprint density at radius 3 is 2.23 bits per heavy atom. The fourth-order valence-corrected chi connectivity index (χ4v) is 3.58. The molecule has 1 aliphatic heterocycles. The zero-order valence-corrected chi connectivity index (χ0v) is 12.2. The van der Waals surface area contributed by atoms with E-state index in [9.17, 15) is 9.59 Å². The third-order valence-corrected chi connectivity index (χ3v) is 4.68. The molecule has 0 unspecified atom stereocenters. The summed E-state index contributed by atoms with van der Waals surface area (Å²) in [4.78, 5) is 25.9. The van der Waals surface area contributed by atoms with Crippen molar-refractivity contribution < 1.29 is 14.3 Å². The first kappa shape index (κ1) is 13.1. The number of carbonyl (C=O) groups excluding carboxylic acids is 2. The molecule has 3 aromatic rings. The van der Waals surface area contributed by atoms with Crippen LogP contribution in [0.3, 0.4) is 0 Å². The summed E-state index contributed by atoms with van der Waals surface area (Å²) in [6.07, 6.45) is 0. The van der Waals surface area contributed by atoms with Crippen molar-refractivity contribution in [2.75, 3.05) is 0 Å². The minimum Gasteiger partial charge on any atom is -0.386 e. The maximum Gasteiger partial charge on any atom is 0.346 e. The number of esters is 2. The third-order valence-electron chi connectivity index (χ3n) is 3.60. The monoisotopic (exact) mass is 306 g/mol. The number of ether oxygens (including phenoxy) is 1. The molecule has 0 aromatic heterocycles. The Kier molecular flexibility index (Phi) is 2.98. The van der Waals surface area contributed by atoms with E-state index < -0.39 is 11.9 Å². The molecule has 0 aliphatic carbocycles. The fraction of sp³-hybridized carbons (Fsp3) is 0. The van der Waals surface area contributed by atoms with Crippen molar-refractivity contribution in [2.24, 2.45) is 0 Å². The number of carbonyl (C=O) groups is 2. The van der Waals surface area contributed by atoms with E-state index >= 15 is 0 Å². The average Bonchev–Trinajstić information content (AvgIpc) is 2.54. The van der Waals surface area contributed by atoms with Gasteiger partial charge in [0, 0.05) is 15.2 Å². The maximum absolute atomic E-state index is 11.9. The van der Waals surface area contributed by atoms with Crippen LogP contribution in [0.4, 0.5) is 0 Å². The predicted octanol–water partition coefficient (Wildman–Crippen LogP) is 4.30. The van der Waals surface area contributed by atoms with Gasteiger partial charge < -0.3 is 4.74 Å². The van der Waals surface area contributed by atoms with Crippen molar-refractivity contribution in [2.45, 2.75) is 9.79 Å². The zero-order chi connectivity index (χ0) is 15.1. The van der Waals surface area contributed by atoms with Crippen LogP contribution in [0.15, 0.2) is 70.5 Å². The van der Waals surface area contributed by atoms with Crippen molar-refractivity contribution in [1.29, 1.82) is 0 Å². The van der Waals surface area contributed by atoms with Crippen LogP contribution in [-0.4, -0.2) is 11.9 Å². The summed E-state index contributed by atoms with van der Waals surface area (Å²) < 4.78 is 4.78. The SMILES string of the molecule is O=C1OC(=O)c2ccc(Sc3ccccc3)c3cccc1c23. The molecule has 0 fully saturated rings. The first-order valence-electron chi connectivity index (χ1n) is 6.79. The summed E-state index contributed by atoms with van der Waals surface area (Å²) in [5, 5.41) is 1.58. The lowest BCUT2D eigenvalue weighted by Crippen LogP contribution is -2.19. The van der Waals surface area contributed by atoms with Gasteiger partial charge in [0.25, 0.3) is 0 Å². The van der Waals surface area contributed by atoms with Crippen LogP contribution in [0.1, 0.15) is 20.7 Å². The molecular formula is C18H10O3S. The minimum absolute atomic E-state index is 0.447. The Morgan fingerprint density at radius 2 is 1.45 bits per heavy atom. The summed E-state index contributed by atoms with van der Waals surface area (Å²) >= 11 is 1.61. The lowest BCUT2D eigenvalue weighted by atomic mass is 9.97. The first-order valence-corrected chi connectivity index (χ1v) is 7.61. The fourth-order valence-electron chi connectivity index (χ4n) is 2.62. The Morgan fingerprint density at radius 1 is 0.727 bits per heavy atom. The molecule has 4 rings (SSSR count). The number of rotatable bonds is 2. The molecule has 0 amide bonds. The van der Waals surface area contributed by atoms with Gasteiger partial charge in [-0.3, -0.25) is 0 Å². The molecule has 106 valence electrons. The standard InChI is InChI=1S/C18H10O3S/c19-17-13-8-4-7-12-15(22-11-5-2-1-3-6-11)10-9-14(16(12)13)18(20)21-17/h1-10H. The van der Waals surface area contributed by atoms with Crippen LogP contribution < -0.4 is 0 Å². The van der Waals surface area contributed by atoms with Gasteiger partial charge >= 0.3 is 11.9 Å². The van der Waals surface area contributed by atoms with Gasteiger partial charge in [-0.2, -0.15) is 0 Å². The maximum atomic E-state index is 11.9. The van der Waals surface area contributed by atoms with E-state index in [0.717, 1.165) is 15.2 Å². The van der Waals surface area contributed by atoms with E-state index in [1.165, 1.54) is 0 Å². The number of benzene rings is 3. The largest absolute Gasteiger partial charge is 0.386 e. The van der Waals surface area contributed by atoms with Crippen LogP contribution in [0.25, 0.3) is 10.8 Å². The topological polar surface area (TPSA) is 43.4 Å². The number of hydrogen-bond acceptors (Lipinski definition) is 4. The van der Waals surface area contributed by atoms with Gasteiger partial charge in [-0.05, 0) is 35.7 Å². The van der Waals surface area contributed by atoms with Gasteiger partial charge in [-0.15, -0.1) is 0 Å². The third kappa shape index (κ3) is 2.00. The van der Waals surface area contributed by atoms with Crippen molar-refractivity contribution in [1.82, 2.24) is 0 Å². The van der Waals surface area contributed by atoms with Gasteiger partial charge in [0.15, 0.2) is 0 Å². The van der Waals surface area contributed by atoms with E-state index in [1.54, 1.807) is 23.9 Å². The molecular weight excluding hydrogens is 296 g/mol. The van der Waals surface area contributed by atoms with E-state index in [-0.39, 0.29) is 0 Å². The van der Waals surface area contributed by atoms with Gasteiger partial charge in [0.2, 0.25) is 0 Å². The summed E-state index contributed by atoms with van der Waals surface area (Å²) in [7, 11) is 0. The summed E-state index contributed by atoms with van der Waals surface area (Å²) in [6, 6.07) is 19.0. The number of cyclic esters (lactones) is 2. The molecule has 4 heteroatoms. The van der Waals surface area contributed by atoms with E-state index in [4.69, 9.17) is 4.74 Å². The Balaban J connectivity index is 1.95. The predicted molar refractivity (Wildman–Crippen MR) is 84.3 cm³/mol. The summed E-state index contributed by atoms with van der Waals surface area (Å²) in [5.74, 6) is -1.16. The molecule has 0 bridgehead atoms. The van der Waals surface area contributed by atoms with E-state index in [2.05, 4.69) is 0 Å². The molecule has 0 saturated carbocycles. The molecule has 22 heavy (non-hydrogen) atoms. The molecule has 0 atom stereocenters. The molecule has 3 aromatic carbocycles.